The van der Waals surface area contributed by atoms with E-state index in [2.05, 4.69) is 35.3 Å². The molecule has 0 radical (unpaired) electrons. The van der Waals surface area contributed by atoms with E-state index < -0.39 is 5.25 Å². The predicted molar refractivity (Wildman–Crippen MR) is 133 cm³/mol. The van der Waals surface area contributed by atoms with Crippen LogP contribution in [0.2, 0.25) is 0 Å². The van der Waals surface area contributed by atoms with Gasteiger partial charge in [-0.3, -0.25) is 4.79 Å². The molecule has 1 aromatic carbocycles. The monoisotopic (exact) mass is 469 g/mol. The molecule has 0 bridgehead atoms. The van der Waals surface area contributed by atoms with Crippen molar-refractivity contribution in [3.8, 4) is 0 Å². The van der Waals surface area contributed by atoms with Crippen molar-refractivity contribution >= 4 is 23.5 Å². The highest BCUT2D eigenvalue weighted by atomic mass is 32.2. The van der Waals surface area contributed by atoms with Crippen LogP contribution < -0.4 is 21.7 Å². The lowest BCUT2D eigenvalue weighted by molar-refractivity contribution is -0.117. The van der Waals surface area contributed by atoms with Gasteiger partial charge >= 0.3 is 0 Å². The number of nitrogens with zero attached hydrogens (tertiary/aromatic N) is 2. The number of thioether (sulfide) groups is 1. The van der Waals surface area contributed by atoms with E-state index in [1.54, 1.807) is 0 Å². The predicted octanol–water partition coefficient (Wildman–Crippen LogP) is 2.16. The Hall–Kier alpha value is -2.13. The molecule has 2 aliphatic rings. The number of aliphatic hydroxyl groups excluding tert-OH is 1. The van der Waals surface area contributed by atoms with Gasteiger partial charge in [0.25, 0.3) is 0 Å². The van der Waals surface area contributed by atoms with E-state index in [9.17, 15) is 9.90 Å². The molecule has 7 nitrogen and oxygen atoms in total. The summed E-state index contributed by atoms with van der Waals surface area (Å²) in [6.45, 7) is 4.55. The normalized spacial score (nSPS) is 21.7. The van der Waals surface area contributed by atoms with Crippen molar-refractivity contribution in [1.82, 2.24) is 10.3 Å². The Morgan fingerprint density at radius 2 is 2.03 bits per heavy atom. The second kappa shape index (κ2) is 10.9. The van der Waals surface area contributed by atoms with Crippen molar-refractivity contribution in [3.05, 3.63) is 53.1 Å². The molecule has 3 unspecified atom stereocenters. The number of primary amides is 1. The van der Waals surface area contributed by atoms with Crippen LogP contribution in [-0.4, -0.2) is 53.0 Å². The Kier molecular flexibility index (Phi) is 7.90. The Morgan fingerprint density at radius 1 is 1.30 bits per heavy atom. The third kappa shape index (κ3) is 5.69. The smallest absolute Gasteiger partial charge is 0.232 e. The summed E-state index contributed by atoms with van der Waals surface area (Å²) in [4.78, 5) is 19.1. The first-order chi connectivity index (χ1) is 16.0. The number of nitrogens with one attached hydrogen (secondary N) is 1. The molecule has 0 saturated carbocycles. The maximum atomic E-state index is 11.8. The number of hydrogen-bond acceptors (Lipinski definition) is 7. The van der Waals surface area contributed by atoms with Crippen LogP contribution in [0.15, 0.2) is 41.4 Å². The molecule has 178 valence electrons. The van der Waals surface area contributed by atoms with Crippen molar-refractivity contribution in [1.29, 1.82) is 0 Å². The molecule has 1 fully saturated rings. The zero-order chi connectivity index (χ0) is 23.4. The fraction of sp³-hybridized carbons (Fsp3) is 0.520. The van der Waals surface area contributed by atoms with E-state index >= 15 is 0 Å². The molecule has 2 aliphatic heterocycles. The molecule has 0 aliphatic carbocycles. The van der Waals surface area contributed by atoms with Gasteiger partial charge in [-0.05, 0) is 42.9 Å². The zero-order valence-electron chi connectivity index (χ0n) is 19.2. The van der Waals surface area contributed by atoms with Gasteiger partial charge in [-0.15, -0.1) is 0 Å². The molecule has 4 rings (SSSR count). The molecule has 33 heavy (non-hydrogen) atoms. The van der Waals surface area contributed by atoms with Crippen molar-refractivity contribution in [3.63, 3.8) is 0 Å². The highest BCUT2D eigenvalue weighted by molar-refractivity contribution is 8.01. The number of carbonyl (C=O) groups is 1. The highest BCUT2D eigenvalue weighted by Gasteiger charge is 2.38. The van der Waals surface area contributed by atoms with E-state index in [4.69, 9.17) is 16.5 Å². The summed E-state index contributed by atoms with van der Waals surface area (Å²) in [5.41, 5.74) is 15.3. The SMILES string of the molecule is CCCc1cc(N2CCC(NCC(O)Cc3ccccc3)CC2)nc2c1C(N)C(C(N)=O)S2. The van der Waals surface area contributed by atoms with Gasteiger partial charge in [0.05, 0.1) is 12.1 Å². The quantitative estimate of drug-likeness (QED) is 0.444. The van der Waals surface area contributed by atoms with Gasteiger partial charge in [-0.25, -0.2) is 4.98 Å². The molecule has 6 N–H and O–H groups in total. The summed E-state index contributed by atoms with van der Waals surface area (Å²) < 4.78 is 0. The highest BCUT2D eigenvalue weighted by Crippen LogP contribution is 2.44. The molecule has 1 amide bonds. The number of amides is 1. The van der Waals surface area contributed by atoms with Crippen LogP contribution in [0.1, 0.15) is 48.9 Å². The minimum atomic E-state index is -0.449. The van der Waals surface area contributed by atoms with Gasteiger partial charge in [0.15, 0.2) is 0 Å². The Morgan fingerprint density at radius 3 is 2.70 bits per heavy atom. The van der Waals surface area contributed by atoms with Crippen LogP contribution in [0.4, 0.5) is 5.82 Å². The van der Waals surface area contributed by atoms with E-state index in [0.29, 0.717) is 19.0 Å². The maximum absolute atomic E-state index is 11.8. The number of carbonyl (C=O) groups excluding carboxylic acids is 1. The van der Waals surface area contributed by atoms with E-state index in [0.717, 1.165) is 60.7 Å². The number of fused-ring (bicyclic) bond motifs is 1. The summed E-state index contributed by atoms with van der Waals surface area (Å²) in [5, 5.41) is 14.3. The summed E-state index contributed by atoms with van der Waals surface area (Å²) in [7, 11) is 0. The van der Waals surface area contributed by atoms with Crippen LogP contribution in [0, 0.1) is 0 Å². The summed E-state index contributed by atoms with van der Waals surface area (Å²) in [5.74, 6) is 0.584. The Labute approximate surface area is 200 Å². The third-order valence-corrected chi connectivity index (χ3v) is 7.88. The number of aromatic nitrogens is 1. The number of piperidine rings is 1. The number of pyridine rings is 1. The van der Waals surface area contributed by atoms with Crippen molar-refractivity contribution in [2.45, 2.75) is 67.5 Å². The average molecular weight is 470 g/mol. The number of nitrogens with two attached hydrogens (primary N) is 2. The lowest BCUT2D eigenvalue weighted by atomic mass is 9.97. The van der Waals surface area contributed by atoms with E-state index in [1.807, 2.05) is 18.2 Å². The third-order valence-electron chi connectivity index (χ3n) is 6.57. The van der Waals surface area contributed by atoms with Crippen molar-refractivity contribution in [2.75, 3.05) is 24.5 Å². The average Bonchev–Trinajstić information content (AvgIpc) is 3.16. The lowest BCUT2D eigenvalue weighted by Gasteiger charge is -2.34. The molecule has 1 saturated heterocycles. The fourth-order valence-electron chi connectivity index (χ4n) is 4.81. The van der Waals surface area contributed by atoms with Crippen LogP contribution in [0.5, 0.6) is 0 Å². The second-order valence-electron chi connectivity index (χ2n) is 9.09. The largest absolute Gasteiger partial charge is 0.391 e. The minimum absolute atomic E-state index is 0.379. The zero-order valence-corrected chi connectivity index (χ0v) is 20.1. The summed E-state index contributed by atoms with van der Waals surface area (Å²) >= 11 is 1.41. The first-order valence-corrected chi connectivity index (χ1v) is 12.8. The number of aryl methyl sites for hydroxylation is 1. The summed E-state index contributed by atoms with van der Waals surface area (Å²) in [6, 6.07) is 12.3. The molecule has 3 atom stereocenters. The first-order valence-electron chi connectivity index (χ1n) is 11.9. The molecule has 8 heteroatoms. The fourth-order valence-corrected chi connectivity index (χ4v) is 5.99. The molecule has 2 aromatic rings. The second-order valence-corrected chi connectivity index (χ2v) is 10.2. The number of rotatable bonds is 9. The van der Waals surface area contributed by atoms with Crippen LogP contribution in [0.25, 0.3) is 0 Å². The van der Waals surface area contributed by atoms with Crippen LogP contribution in [-0.2, 0) is 17.6 Å². The Bertz CT molecular complexity index is 949. The van der Waals surface area contributed by atoms with Gasteiger partial charge in [0.1, 0.15) is 16.1 Å². The molecular weight excluding hydrogens is 434 g/mol. The van der Waals surface area contributed by atoms with Crippen LogP contribution >= 0.6 is 11.8 Å². The van der Waals surface area contributed by atoms with Crippen molar-refractivity contribution < 1.29 is 9.90 Å². The molecule has 3 heterocycles. The van der Waals surface area contributed by atoms with Gasteiger partial charge in [-0.2, -0.15) is 0 Å². The first kappa shape index (κ1) is 24.0. The molecule has 1 aromatic heterocycles. The van der Waals surface area contributed by atoms with Gasteiger partial charge in [0.2, 0.25) is 5.91 Å². The van der Waals surface area contributed by atoms with Gasteiger partial charge < -0.3 is 26.8 Å². The maximum Gasteiger partial charge on any atom is 0.232 e. The molecule has 0 spiro atoms. The number of hydrogen-bond donors (Lipinski definition) is 4. The topological polar surface area (TPSA) is 118 Å². The van der Waals surface area contributed by atoms with Crippen LogP contribution in [0.3, 0.4) is 0 Å². The number of aliphatic hydroxyl groups is 1. The Balaban J connectivity index is 1.34. The number of benzene rings is 1. The van der Waals surface area contributed by atoms with E-state index in [1.165, 1.54) is 17.3 Å². The van der Waals surface area contributed by atoms with Gasteiger partial charge in [0, 0.05) is 31.2 Å². The summed E-state index contributed by atoms with van der Waals surface area (Å²) in [6.07, 6.45) is 4.19. The van der Waals surface area contributed by atoms with Crippen molar-refractivity contribution in [2.24, 2.45) is 11.5 Å². The minimum Gasteiger partial charge on any atom is -0.391 e. The van der Waals surface area contributed by atoms with E-state index in [-0.39, 0.29) is 18.1 Å². The number of anilines is 1. The lowest BCUT2D eigenvalue weighted by Crippen LogP contribution is -2.45. The van der Waals surface area contributed by atoms with Gasteiger partial charge in [-0.1, -0.05) is 55.4 Å². The molecular formula is C25H35N5O2S. The standard InChI is InChI=1S/C25H35N5O2S/c1-2-6-17-14-20(29-25-21(17)22(26)23(33-25)24(27)32)30-11-9-18(10-12-30)28-15-19(31)13-16-7-4-3-5-8-16/h3-5,7-8,14,18-19,22-23,28,31H,2,6,9-13,15,26H2,1H3,(H2,27,32).